The third kappa shape index (κ3) is 3.20. The average molecular weight is 226 g/mol. The molecule has 0 aliphatic carbocycles. The molecular formula is C11H15FN2O2. The zero-order valence-electron chi connectivity index (χ0n) is 9.03. The van der Waals surface area contributed by atoms with E-state index in [2.05, 4.69) is 5.32 Å². The summed E-state index contributed by atoms with van der Waals surface area (Å²) in [6, 6.07) is 3.24. The number of phenolic OH excluding ortho intramolecular Hbond substituents is 1. The number of hydrogen-bond donors (Lipinski definition) is 3. The lowest BCUT2D eigenvalue weighted by atomic mass is 10.1. The van der Waals surface area contributed by atoms with Gasteiger partial charge in [0.15, 0.2) is 0 Å². The molecule has 0 fully saturated rings. The van der Waals surface area contributed by atoms with E-state index >= 15 is 0 Å². The van der Waals surface area contributed by atoms with Crippen molar-refractivity contribution in [1.82, 2.24) is 5.32 Å². The lowest BCUT2D eigenvalue weighted by Gasteiger charge is -2.10. The monoisotopic (exact) mass is 226 g/mol. The summed E-state index contributed by atoms with van der Waals surface area (Å²) in [5.74, 6) is -1.16. The van der Waals surface area contributed by atoms with Gasteiger partial charge in [-0.1, -0.05) is 6.92 Å². The SMILES string of the molecule is CC(CN)CNC(=O)c1cc(F)ccc1O. The van der Waals surface area contributed by atoms with E-state index in [9.17, 15) is 14.3 Å². The van der Waals surface area contributed by atoms with Gasteiger partial charge in [-0.2, -0.15) is 0 Å². The first-order chi connectivity index (χ1) is 7.54. The highest BCUT2D eigenvalue weighted by atomic mass is 19.1. The first-order valence-electron chi connectivity index (χ1n) is 5.01. The van der Waals surface area contributed by atoms with Crippen molar-refractivity contribution < 1.29 is 14.3 Å². The Morgan fingerprint density at radius 3 is 2.94 bits per heavy atom. The van der Waals surface area contributed by atoms with E-state index in [0.29, 0.717) is 13.1 Å². The second-order valence-corrected chi connectivity index (χ2v) is 3.71. The molecule has 0 aliphatic rings. The van der Waals surface area contributed by atoms with Crippen LogP contribution < -0.4 is 11.1 Å². The predicted molar refractivity (Wildman–Crippen MR) is 58.6 cm³/mol. The van der Waals surface area contributed by atoms with Gasteiger partial charge >= 0.3 is 0 Å². The fourth-order valence-electron chi connectivity index (χ4n) is 1.14. The smallest absolute Gasteiger partial charge is 0.255 e. The van der Waals surface area contributed by atoms with Crippen LogP contribution in [0.1, 0.15) is 17.3 Å². The minimum atomic E-state index is -0.560. The topological polar surface area (TPSA) is 75.3 Å². The van der Waals surface area contributed by atoms with Crippen LogP contribution in [0, 0.1) is 11.7 Å². The van der Waals surface area contributed by atoms with E-state index in [-0.39, 0.29) is 17.2 Å². The lowest BCUT2D eigenvalue weighted by molar-refractivity contribution is 0.0945. The van der Waals surface area contributed by atoms with Crippen molar-refractivity contribution in [3.8, 4) is 5.75 Å². The molecule has 5 heteroatoms. The van der Waals surface area contributed by atoms with Crippen LogP contribution in [0.3, 0.4) is 0 Å². The number of amides is 1. The molecule has 4 nitrogen and oxygen atoms in total. The molecule has 0 radical (unpaired) electrons. The number of aromatic hydroxyl groups is 1. The van der Waals surface area contributed by atoms with E-state index < -0.39 is 11.7 Å². The van der Waals surface area contributed by atoms with E-state index in [1.807, 2.05) is 6.92 Å². The Morgan fingerprint density at radius 1 is 1.62 bits per heavy atom. The molecule has 16 heavy (non-hydrogen) atoms. The molecule has 1 aromatic rings. The number of rotatable bonds is 4. The largest absolute Gasteiger partial charge is 0.507 e. The minimum Gasteiger partial charge on any atom is -0.507 e. The second kappa shape index (κ2) is 5.46. The summed E-state index contributed by atoms with van der Waals surface area (Å²) < 4.78 is 12.9. The summed E-state index contributed by atoms with van der Waals surface area (Å²) in [4.78, 5) is 11.6. The van der Waals surface area contributed by atoms with Crippen LogP contribution in [0.5, 0.6) is 5.75 Å². The van der Waals surface area contributed by atoms with Gasteiger partial charge < -0.3 is 16.2 Å². The van der Waals surface area contributed by atoms with Crippen LogP contribution in [0.2, 0.25) is 0 Å². The third-order valence-electron chi connectivity index (χ3n) is 2.22. The molecule has 0 heterocycles. The maximum absolute atomic E-state index is 12.9. The van der Waals surface area contributed by atoms with E-state index in [0.717, 1.165) is 18.2 Å². The Hall–Kier alpha value is -1.62. The summed E-state index contributed by atoms with van der Waals surface area (Å²) in [5.41, 5.74) is 5.32. The summed E-state index contributed by atoms with van der Waals surface area (Å²) in [5, 5.41) is 11.9. The average Bonchev–Trinajstić information content (AvgIpc) is 2.28. The molecular weight excluding hydrogens is 211 g/mol. The molecule has 1 unspecified atom stereocenters. The third-order valence-corrected chi connectivity index (χ3v) is 2.22. The molecule has 0 spiro atoms. The Morgan fingerprint density at radius 2 is 2.31 bits per heavy atom. The number of carbonyl (C=O) groups excluding carboxylic acids is 1. The predicted octanol–water partition coefficient (Wildman–Crippen LogP) is 0.856. The number of halogens is 1. The van der Waals surface area contributed by atoms with Crippen molar-refractivity contribution in [2.75, 3.05) is 13.1 Å². The first kappa shape index (κ1) is 12.4. The molecule has 0 saturated carbocycles. The van der Waals surface area contributed by atoms with Crippen molar-refractivity contribution in [1.29, 1.82) is 0 Å². The fourth-order valence-corrected chi connectivity index (χ4v) is 1.14. The van der Waals surface area contributed by atoms with Gasteiger partial charge in [0.25, 0.3) is 5.91 Å². The van der Waals surface area contributed by atoms with Gasteiger partial charge in [-0.15, -0.1) is 0 Å². The number of hydrogen-bond acceptors (Lipinski definition) is 3. The number of nitrogens with one attached hydrogen (secondary N) is 1. The Bertz CT molecular complexity index is 382. The maximum atomic E-state index is 12.9. The molecule has 1 atom stereocenters. The van der Waals surface area contributed by atoms with Crippen LogP contribution in [0.25, 0.3) is 0 Å². The van der Waals surface area contributed by atoms with Gasteiger partial charge in [0, 0.05) is 6.54 Å². The number of phenols is 1. The fraction of sp³-hybridized carbons (Fsp3) is 0.364. The molecule has 0 saturated heterocycles. The van der Waals surface area contributed by atoms with Crippen molar-refractivity contribution in [2.24, 2.45) is 11.7 Å². The second-order valence-electron chi connectivity index (χ2n) is 3.71. The molecule has 0 bridgehead atoms. The maximum Gasteiger partial charge on any atom is 0.255 e. The zero-order chi connectivity index (χ0) is 12.1. The van der Waals surface area contributed by atoms with Crippen molar-refractivity contribution in [3.05, 3.63) is 29.6 Å². The number of carbonyl (C=O) groups is 1. The zero-order valence-corrected chi connectivity index (χ0v) is 9.03. The van der Waals surface area contributed by atoms with Gasteiger partial charge in [0.05, 0.1) is 5.56 Å². The van der Waals surface area contributed by atoms with Gasteiger partial charge in [-0.3, -0.25) is 4.79 Å². The molecule has 1 amide bonds. The molecule has 0 aromatic heterocycles. The first-order valence-corrected chi connectivity index (χ1v) is 5.01. The normalized spacial score (nSPS) is 12.2. The Balaban J connectivity index is 2.69. The van der Waals surface area contributed by atoms with Crippen LogP contribution in [-0.4, -0.2) is 24.1 Å². The van der Waals surface area contributed by atoms with Crippen LogP contribution in [0.15, 0.2) is 18.2 Å². The van der Waals surface area contributed by atoms with Gasteiger partial charge in [0.1, 0.15) is 11.6 Å². The Kier molecular flexibility index (Phi) is 4.25. The lowest BCUT2D eigenvalue weighted by Crippen LogP contribution is -2.31. The molecule has 1 rings (SSSR count). The van der Waals surface area contributed by atoms with Crippen LogP contribution in [0.4, 0.5) is 4.39 Å². The van der Waals surface area contributed by atoms with Gasteiger partial charge in [-0.05, 0) is 30.7 Å². The van der Waals surface area contributed by atoms with Crippen molar-refractivity contribution in [3.63, 3.8) is 0 Å². The molecule has 4 N–H and O–H groups in total. The standard InChI is InChI=1S/C11H15FN2O2/c1-7(5-13)6-14-11(16)9-4-8(12)2-3-10(9)15/h2-4,7,15H,5-6,13H2,1H3,(H,14,16). The highest BCUT2D eigenvalue weighted by molar-refractivity contribution is 5.96. The van der Waals surface area contributed by atoms with E-state index in [1.54, 1.807) is 0 Å². The summed E-state index contributed by atoms with van der Waals surface area (Å²) in [6.45, 7) is 2.73. The van der Waals surface area contributed by atoms with E-state index in [4.69, 9.17) is 5.73 Å². The number of benzene rings is 1. The summed E-state index contributed by atoms with van der Waals surface area (Å²) in [6.07, 6.45) is 0. The van der Waals surface area contributed by atoms with E-state index in [1.165, 1.54) is 0 Å². The molecule has 0 aliphatic heterocycles. The Labute approximate surface area is 93.3 Å². The molecule has 1 aromatic carbocycles. The van der Waals surface area contributed by atoms with Crippen molar-refractivity contribution >= 4 is 5.91 Å². The van der Waals surface area contributed by atoms with Crippen LogP contribution in [-0.2, 0) is 0 Å². The van der Waals surface area contributed by atoms with Gasteiger partial charge in [-0.25, -0.2) is 4.39 Å². The van der Waals surface area contributed by atoms with Gasteiger partial charge in [0.2, 0.25) is 0 Å². The van der Waals surface area contributed by atoms with Crippen molar-refractivity contribution in [2.45, 2.75) is 6.92 Å². The highest BCUT2D eigenvalue weighted by Gasteiger charge is 2.12. The summed E-state index contributed by atoms with van der Waals surface area (Å²) in [7, 11) is 0. The molecule has 88 valence electrons. The summed E-state index contributed by atoms with van der Waals surface area (Å²) >= 11 is 0. The quantitative estimate of drug-likeness (QED) is 0.712. The minimum absolute atomic E-state index is 0.0655. The number of nitrogens with two attached hydrogens (primary N) is 1. The van der Waals surface area contributed by atoms with Crippen LogP contribution >= 0.6 is 0 Å². The highest BCUT2D eigenvalue weighted by Crippen LogP contribution is 2.17.